The van der Waals surface area contributed by atoms with Crippen LogP contribution in [0.3, 0.4) is 0 Å². The van der Waals surface area contributed by atoms with Crippen LogP contribution >= 0.6 is 0 Å². The van der Waals surface area contributed by atoms with Crippen LogP contribution in [-0.4, -0.2) is 0 Å². The van der Waals surface area contributed by atoms with Crippen LogP contribution in [0.25, 0.3) is 21.9 Å². The summed E-state index contributed by atoms with van der Waals surface area (Å²) in [6, 6.07) is 23.2. The van der Waals surface area contributed by atoms with E-state index in [4.69, 9.17) is 0 Å². The third kappa shape index (κ3) is 2.49. The van der Waals surface area contributed by atoms with Gasteiger partial charge in [-0.3, -0.25) is 0 Å². The molecule has 0 nitrogen and oxygen atoms in total. The van der Waals surface area contributed by atoms with Gasteiger partial charge in [-0.2, -0.15) is 0 Å². The normalized spacial score (nSPS) is 31.5. The summed E-state index contributed by atoms with van der Waals surface area (Å²) in [5, 5.41) is 2.71. The second kappa shape index (κ2) is 5.71. The van der Waals surface area contributed by atoms with Crippen molar-refractivity contribution in [3.63, 3.8) is 0 Å². The zero-order valence-corrected chi connectivity index (χ0v) is 16.2. The molecule has 0 aliphatic heterocycles. The van der Waals surface area contributed by atoms with Gasteiger partial charge in [0, 0.05) is 0 Å². The molecule has 0 amide bonds. The number of rotatable bonds is 2. The van der Waals surface area contributed by atoms with Crippen LogP contribution in [0.5, 0.6) is 0 Å². The monoisotopic (exact) mass is 352 g/mol. The van der Waals surface area contributed by atoms with Gasteiger partial charge < -0.3 is 0 Å². The van der Waals surface area contributed by atoms with Gasteiger partial charge in [0.1, 0.15) is 0 Å². The lowest BCUT2D eigenvalue weighted by molar-refractivity contribution is -0.00518. The van der Waals surface area contributed by atoms with Crippen LogP contribution < -0.4 is 0 Å². The van der Waals surface area contributed by atoms with Crippen molar-refractivity contribution in [2.75, 3.05) is 0 Å². The van der Waals surface area contributed by atoms with Crippen molar-refractivity contribution < 1.29 is 0 Å². The molecule has 3 aromatic rings. The van der Waals surface area contributed by atoms with Crippen molar-refractivity contribution in [1.82, 2.24) is 0 Å². The average molecular weight is 353 g/mol. The second-order valence-corrected chi connectivity index (χ2v) is 9.81. The summed E-state index contributed by atoms with van der Waals surface area (Å²) in [5.41, 5.74) is 6.18. The van der Waals surface area contributed by atoms with E-state index in [0.29, 0.717) is 5.41 Å². The largest absolute Gasteiger partial charge is 0.0610 e. The van der Waals surface area contributed by atoms with Gasteiger partial charge in [-0.15, -0.1) is 0 Å². The SMILES string of the molecule is Cc1ccc2c(-c3ccc(C45CC6CC(CC(C6)C4)C5)cc3)cccc2c1. The molecule has 4 aliphatic rings. The van der Waals surface area contributed by atoms with Gasteiger partial charge >= 0.3 is 0 Å². The van der Waals surface area contributed by atoms with Crippen LogP contribution in [0.1, 0.15) is 49.7 Å². The van der Waals surface area contributed by atoms with E-state index in [0.717, 1.165) is 17.8 Å². The minimum absolute atomic E-state index is 0.503. The van der Waals surface area contributed by atoms with E-state index in [1.165, 1.54) is 66.0 Å². The minimum Gasteiger partial charge on any atom is -0.0610 e. The topological polar surface area (TPSA) is 0 Å². The fourth-order valence-electron chi connectivity index (χ4n) is 7.12. The smallest absolute Gasteiger partial charge is 0.00391 e. The third-order valence-corrected chi connectivity index (χ3v) is 7.88. The quantitative estimate of drug-likeness (QED) is 0.454. The van der Waals surface area contributed by atoms with E-state index < -0.39 is 0 Å². The minimum atomic E-state index is 0.503. The van der Waals surface area contributed by atoms with Crippen LogP contribution in [0.4, 0.5) is 0 Å². The maximum atomic E-state index is 2.47. The molecule has 4 fully saturated rings. The zero-order valence-electron chi connectivity index (χ0n) is 16.2. The Morgan fingerprint density at radius 1 is 0.741 bits per heavy atom. The highest BCUT2D eigenvalue weighted by Gasteiger charge is 2.51. The predicted octanol–water partition coefficient (Wildman–Crippen LogP) is 7.28. The number of hydrogen-bond donors (Lipinski definition) is 0. The first-order valence-corrected chi connectivity index (χ1v) is 10.8. The van der Waals surface area contributed by atoms with Crippen molar-refractivity contribution in [1.29, 1.82) is 0 Å². The molecule has 3 aromatic carbocycles. The molecule has 0 N–H and O–H groups in total. The first-order chi connectivity index (χ1) is 13.2. The summed E-state index contributed by atoms with van der Waals surface area (Å²) in [7, 11) is 0. The van der Waals surface area contributed by atoms with Crippen LogP contribution in [0.15, 0.2) is 60.7 Å². The van der Waals surface area contributed by atoms with Crippen molar-refractivity contribution in [2.24, 2.45) is 17.8 Å². The first-order valence-electron chi connectivity index (χ1n) is 10.8. The molecule has 7 rings (SSSR count). The molecule has 0 saturated heterocycles. The number of benzene rings is 3. The van der Waals surface area contributed by atoms with E-state index in [9.17, 15) is 0 Å². The van der Waals surface area contributed by atoms with E-state index in [-0.39, 0.29) is 0 Å². The molecular formula is C27H28. The molecule has 0 atom stereocenters. The van der Waals surface area contributed by atoms with Gasteiger partial charge in [0.15, 0.2) is 0 Å². The highest BCUT2D eigenvalue weighted by atomic mass is 14.6. The third-order valence-electron chi connectivity index (χ3n) is 7.88. The number of aryl methyl sites for hydroxylation is 1. The maximum absolute atomic E-state index is 2.47. The molecule has 4 saturated carbocycles. The summed E-state index contributed by atoms with van der Waals surface area (Å²) in [4.78, 5) is 0. The lowest BCUT2D eigenvalue weighted by atomic mass is 9.48. The molecule has 4 aliphatic carbocycles. The second-order valence-electron chi connectivity index (χ2n) is 9.81. The Bertz CT molecular complexity index is 973. The summed E-state index contributed by atoms with van der Waals surface area (Å²) in [5.74, 6) is 3.03. The highest BCUT2D eigenvalue weighted by Crippen LogP contribution is 2.60. The van der Waals surface area contributed by atoms with E-state index in [1.54, 1.807) is 5.56 Å². The van der Waals surface area contributed by atoms with Gasteiger partial charge in [0.05, 0.1) is 0 Å². The van der Waals surface area contributed by atoms with Crippen molar-refractivity contribution in [3.8, 4) is 11.1 Å². The molecular weight excluding hydrogens is 324 g/mol. The van der Waals surface area contributed by atoms with Gasteiger partial charge in [-0.05, 0) is 96.1 Å². The maximum Gasteiger partial charge on any atom is -0.00391 e. The van der Waals surface area contributed by atoms with Crippen molar-refractivity contribution >= 4 is 10.8 Å². The molecule has 0 heteroatoms. The first kappa shape index (κ1) is 15.9. The average Bonchev–Trinajstić information content (AvgIpc) is 2.66. The Labute approximate surface area is 162 Å². The molecule has 27 heavy (non-hydrogen) atoms. The molecule has 0 spiro atoms. The molecule has 4 bridgehead atoms. The van der Waals surface area contributed by atoms with Crippen molar-refractivity contribution in [2.45, 2.75) is 50.9 Å². The Kier molecular flexibility index (Phi) is 3.37. The van der Waals surface area contributed by atoms with E-state index >= 15 is 0 Å². The van der Waals surface area contributed by atoms with E-state index in [2.05, 4.69) is 67.6 Å². The highest BCUT2D eigenvalue weighted by molar-refractivity contribution is 5.97. The Morgan fingerprint density at radius 2 is 1.41 bits per heavy atom. The van der Waals surface area contributed by atoms with Crippen LogP contribution in [-0.2, 0) is 5.41 Å². The summed E-state index contributed by atoms with van der Waals surface area (Å²) >= 11 is 0. The van der Waals surface area contributed by atoms with Crippen LogP contribution in [0.2, 0.25) is 0 Å². The van der Waals surface area contributed by atoms with Crippen LogP contribution in [0, 0.1) is 24.7 Å². The van der Waals surface area contributed by atoms with E-state index in [1.807, 2.05) is 0 Å². The molecule has 0 aromatic heterocycles. The predicted molar refractivity (Wildman–Crippen MR) is 114 cm³/mol. The number of fused-ring (bicyclic) bond motifs is 1. The summed E-state index contributed by atoms with van der Waals surface area (Å²) in [6.45, 7) is 2.17. The van der Waals surface area contributed by atoms with Gasteiger partial charge in [0.25, 0.3) is 0 Å². The summed E-state index contributed by atoms with van der Waals surface area (Å²) in [6.07, 6.45) is 8.91. The van der Waals surface area contributed by atoms with Gasteiger partial charge in [-0.25, -0.2) is 0 Å². The zero-order chi connectivity index (χ0) is 18.0. The lowest BCUT2D eigenvalue weighted by Gasteiger charge is -2.57. The molecule has 136 valence electrons. The Hall–Kier alpha value is -2.08. The fraction of sp³-hybridized carbons (Fsp3) is 0.407. The molecule has 0 radical (unpaired) electrons. The Balaban J connectivity index is 1.39. The van der Waals surface area contributed by atoms with Crippen molar-refractivity contribution in [3.05, 3.63) is 71.8 Å². The van der Waals surface area contributed by atoms with Gasteiger partial charge in [0.2, 0.25) is 0 Å². The fourth-order valence-corrected chi connectivity index (χ4v) is 7.12. The lowest BCUT2D eigenvalue weighted by Crippen LogP contribution is -2.48. The molecule has 0 unspecified atom stereocenters. The summed E-state index contributed by atoms with van der Waals surface area (Å²) < 4.78 is 0. The number of hydrogen-bond acceptors (Lipinski definition) is 0. The van der Waals surface area contributed by atoms with Gasteiger partial charge in [-0.1, -0.05) is 66.2 Å². The Morgan fingerprint density at radius 3 is 2.07 bits per heavy atom. The standard InChI is InChI=1S/C27H28/c1-18-5-10-26-23(11-18)3-2-4-25(26)22-6-8-24(9-7-22)27-15-19-12-20(16-27)14-21(13-19)17-27/h2-11,19-21H,12-17H2,1H3. The molecule has 0 heterocycles.